The van der Waals surface area contributed by atoms with Crippen LogP contribution in [-0.4, -0.2) is 4.98 Å². The molecule has 0 radical (unpaired) electrons. The highest BCUT2D eigenvalue weighted by Gasteiger charge is 2.07. The molecule has 0 amide bonds. The fraction of sp³-hybridized carbons (Fsp3) is 0.0833. The Morgan fingerprint density at radius 3 is 2.59 bits per heavy atom. The van der Waals surface area contributed by atoms with Crippen molar-refractivity contribution in [1.29, 1.82) is 0 Å². The number of nitrogen functional groups attached to an aromatic ring is 1. The fourth-order valence-corrected chi connectivity index (χ4v) is 1.67. The highest BCUT2D eigenvalue weighted by atomic mass is 35.5. The molecule has 0 aliphatic rings. The van der Waals surface area contributed by atoms with Gasteiger partial charge in [0.15, 0.2) is 5.75 Å². The molecule has 0 bridgehead atoms. The summed E-state index contributed by atoms with van der Waals surface area (Å²) in [5.74, 6) is 1.13. The zero-order chi connectivity index (χ0) is 12.4. The second kappa shape index (κ2) is 4.82. The predicted octanol–water partition coefficient (Wildman–Crippen LogP) is 4.07. The number of hydrogen-bond donors (Lipinski definition) is 1. The van der Waals surface area contributed by atoms with E-state index in [0.29, 0.717) is 27.2 Å². The summed E-state index contributed by atoms with van der Waals surface area (Å²) in [6.07, 6.45) is 1.67. The average Bonchev–Trinajstić information content (AvgIpc) is 2.26. The smallest absolute Gasteiger partial charge is 0.151 e. The van der Waals surface area contributed by atoms with Crippen LogP contribution >= 0.6 is 23.2 Å². The van der Waals surface area contributed by atoms with Crippen molar-refractivity contribution in [2.45, 2.75) is 6.92 Å². The summed E-state index contributed by atoms with van der Waals surface area (Å²) in [6, 6.07) is 6.71. The Balaban J connectivity index is 2.33. The quantitative estimate of drug-likeness (QED) is 0.836. The molecule has 0 fully saturated rings. The number of benzene rings is 1. The van der Waals surface area contributed by atoms with E-state index in [-0.39, 0.29) is 0 Å². The number of nitrogens with zero attached hydrogens (tertiary/aromatic N) is 1. The van der Waals surface area contributed by atoms with Crippen LogP contribution in [0.4, 0.5) is 5.69 Å². The third-order valence-electron chi connectivity index (χ3n) is 2.15. The Morgan fingerprint density at radius 1 is 1.18 bits per heavy atom. The van der Waals surface area contributed by atoms with Crippen molar-refractivity contribution in [3.63, 3.8) is 0 Å². The molecule has 2 N–H and O–H groups in total. The second-order valence-electron chi connectivity index (χ2n) is 3.54. The zero-order valence-corrected chi connectivity index (χ0v) is 10.6. The maximum absolute atomic E-state index is 5.90. The summed E-state index contributed by atoms with van der Waals surface area (Å²) >= 11 is 11.7. The number of aryl methyl sites for hydroxylation is 1. The molecule has 0 saturated carbocycles. The zero-order valence-electron chi connectivity index (χ0n) is 9.08. The first-order valence-electron chi connectivity index (χ1n) is 4.91. The van der Waals surface area contributed by atoms with Gasteiger partial charge in [0.25, 0.3) is 0 Å². The number of halogens is 2. The first-order chi connectivity index (χ1) is 8.06. The van der Waals surface area contributed by atoms with Crippen LogP contribution in [0.1, 0.15) is 5.69 Å². The first-order valence-corrected chi connectivity index (χ1v) is 5.67. The molecule has 1 heterocycles. The Labute approximate surface area is 109 Å². The summed E-state index contributed by atoms with van der Waals surface area (Å²) in [7, 11) is 0. The molecule has 0 aliphatic heterocycles. The molecule has 3 nitrogen and oxygen atoms in total. The molecule has 5 heteroatoms. The maximum Gasteiger partial charge on any atom is 0.151 e. The van der Waals surface area contributed by atoms with Crippen LogP contribution in [0.3, 0.4) is 0 Å². The van der Waals surface area contributed by atoms with Gasteiger partial charge in [0.05, 0.1) is 15.7 Å². The standard InChI is InChI=1S/C12H10Cl2N2O/c1-7-4-8(2-3-16-7)17-12-6-10(14)9(13)5-11(12)15/h2-6H,15H2,1H3. The highest BCUT2D eigenvalue weighted by Crippen LogP contribution is 2.34. The lowest BCUT2D eigenvalue weighted by molar-refractivity contribution is 0.484. The molecule has 2 aromatic rings. The van der Waals surface area contributed by atoms with Gasteiger partial charge in [0.1, 0.15) is 5.75 Å². The second-order valence-corrected chi connectivity index (χ2v) is 4.35. The molecule has 0 spiro atoms. The summed E-state index contributed by atoms with van der Waals surface area (Å²) in [4.78, 5) is 4.08. The van der Waals surface area contributed by atoms with Gasteiger partial charge < -0.3 is 10.5 Å². The van der Waals surface area contributed by atoms with Crippen LogP contribution in [0.15, 0.2) is 30.5 Å². The largest absolute Gasteiger partial charge is 0.455 e. The summed E-state index contributed by atoms with van der Waals surface area (Å²) in [5, 5.41) is 0.809. The van der Waals surface area contributed by atoms with E-state index < -0.39 is 0 Å². The van der Waals surface area contributed by atoms with Crippen LogP contribution in [0.2, 0.25) is 10.0 Å². The summed E-state index contributed by atoms with van der Waals surface area (Å²) in [5.41, 5.74) is 7.09. The van der Waals surface area contributed by atoms with Gasteiger partial charge in [-0.2, -0.15) is 0 Å². The van der Waals surface area contributed by atoms with Crippen molar-refractivity contribution in [3.8, 4) is 11.5 Å². The number of nitrogens with two attached hydrogens (primary N) is 1. The van der Waals surface area contributed by atoms with Crippen molar-refractivity contribution >= 4 is 28.9 Å². The normalized spacial score (nSPS) is 10.3. The lowest BCUT2D eigenvalue weighted by atomic mass is 10.3. The molecule has 0 atom stereocenters. The first kappa shape index (κ1) is 12.0. The van der Waals surface area contributed by atoms with E-state index in [4.69, 9.17) is 33.7 Å². The minimum absolute atomic E-state index is 0.404. The summed E-state index contributed by atoms with van der Waals surface area (Å²) < 4.78 is 5.62. The SMILES string of the molecule is Cc1cc(Oc2cc(Cl)c(Cl)cc2N)ccn1. The Morgan fingerprint density at radius 2 is 1.88 bits per heavy atom. The van der Waals surface area contributed by atoms with E-state index in [9.17, 15) is 0 Å². The predicted molar refractivity (Wildman–Crippen MR) is 69.9 cm³/mol. The average molecular weight is 269 g/mol. The van der Waals surface area contributed by atoms with Gasteiger partial charge in [0.2, 0.25) is 0 Å². The third-order valence-corrected chi connectivity index (χ3v) is 2.87. The fourth-order valence-electron chi connectivity index (χ4n) is 1.34. The minimum Gasteiger partial charge on any atom is -0.455 e. The molecule has 0 aliphatic carbocycles. The summed E-state index contributed by atoms with van der Waals surface area (Å²) in [6.45, 7) is 1.88. The number of hydrogen-bond acceptors (Lipinski definition) is 3. The molecule has 2 rings (SSSR count). The van der Waals surface area contributed by atoms with E-state index >= 15 is 0 Å². The highest BCUT2D eigenvalue weighted by molar-refractivity contribution is 6.42. The molecule has 1 aromatic heterocycles. The van der Waals surface area contributed by atoms with Gasteiger partial charge in [-0.3, -0.25) is 4.98 Å². The van der Waals surface area contributed by atoms with Gasteiger partial charge >= 0.3 is 0 Å². The van der Waals surface area contributed by atoms with Crippen LogP contribution in [-0.2, 0) is 0 Å². The van der Waals surface area contributed by atoms with E-state index in [1.165, 1.54) is 0 Å². The van der Waals surface area contributed by atoms with Crippen LogP contribution < -0.4 is 10.5 Å². The Bertz CT molecular complexity index is 558. The molecular weight excluding hydrogens is 259 g/mol. The van der Waals surface area contributed by atoms with Crippen molar-refractivity contribution in [2.24, 2.45) is 0 Å². The van der Waals surface area contributed by atoms with E-state index in [2.05, 4.69) is 4.98 Å². The molecule has 1 aromatic carbocycles. The lowest BCUT2D eigenvalue weighted by Gasteiger charge is -2.09. The lowest BCUT2D eigenvalue weighted by Crippen LogP contribution is -1.93. The van der Waals surface area contributed by atoms with Crippen molar-refractivity contribution in [2.75, 3.05) is 5.73 Å². The van der Waals surface area contributed by atoms with Gasteiger partial charge in [-0.25, -0.2) is 0 Å². The monoisotopic (exact) mass is 268 g/mol. The molecule has 88 valence electrons. The molecule has 0 unspecified atom stereocenters. The van der Waals surface area contributed by atoms with Crippen LogP contribution in [0.25, 0.3) is 0 Å². The molecule has 0 saturated heterocycles. The van der Waals surface area contributed by atoms with Crippen LogP contribution in [0, 0.1) is 6.92 Å². The van der Waals surface area contributed by atoms with Gasteiger partial charge in [-0.15, -0.1) is 0 Å². The van der Waals surface area contributed by atoms with Gasteiger partial charge in [-0.1, -0.05) is 23.2 Å². The molecule has 17 heavy (non-hydrogen) atoms. The van der Waals surface area contributed by atoms with Crippen molar-refractivity contribution in [3.05, 3.63) is 46.2 Å². The number of pyridine rings is 1. The number of ether oxygens (including phenoxy) is 1. The van der Waals surface area contributed by atoms with E-state index in [1.54, 1.807) is 24.4 Å². The number of anilines is 1. The van der Waals surface area contributed by atoms with Crippen LogP contribution in [0.5, 0.6) is 11.5 Å². The number of rotatable bonds is 2. The third kappa shape index (κ3) is 2.81. The topological polar surface area (TPSA) is 48.1 Å². The molecular formula is C12H10Cl2N2O. The maximum atomic E-state index is 5.90. The van der Waals surface area contributed by atoms with Crippen molar-refractivity contribution < 1.29 is 4.74 Å². The van der Waals surface area contributed by atoms with Crippen molar-refractivity contribution in [1.82, 2.24) is 4.98 Å². The number of aromatic nitrogens is 1. The Hall–Kier alpha value is -1.45. The van der Waals surface area contributed by atoms with Gasteiger partial charge in [0, 0.05) is 24.0 Å². The van der Waals surface area contributed by atoms with E-state index in [0.717, 1.165) is 5.69 Å². The Kier molecular flexibility index (Phi) is 3.41. The van der Waals surface area contributed by atoms with Gasteiger partial charge in [-0.05, 0) is 19.1 Å². The minimum atomic E-state index is 0.404. The van der Waals surface area contributed by atoms with E-state index in [1.807, 2.05) is 13.0 Å².